The number of benzene rings is 3. The molecule has 1 atom stereocenters. The van der Waals surface area contributed by atoms with Gasteiger partial charge in [0.25, 0.3) is 0 Å². The van der Waals surface area contributed by atoms with Gasteiger partial charge in [0.15, 0.2) is 5.78 Å². The monoisotopic (exact) mass is 472 g/mol. The number of carboxylic acids is 1. The third kappa shape index (κ3) is 5.19. The predicted molar refractivity (Wildman–Crippen MR) is 135 cm³/mol. The fourth-order valence-electron chi connectivity index (χ4n) is 4.61. The topological polar surface area (TPSA) is 105 Å². The number of ketones is 1. The summed E-state index contributed by atoms with van der Waals surface area (Å²) in [4.78, 5) is 36.8. The summed E-state index contributed by atoms with van der Waals surface area (Å²) in [7, 11) is 1.59. The zero-order valence-corrected chi connectivity index (χ0v) is 19.8. The number of aliphatic carboxylic acids is 1. The van der Waals surface area contributed by atoms with Crippen LogP contribution in [0.3, 0.4) is 0 Å². The molecule has 0 fully saturated rings. The van der Waals surface area contributed by atoms with Gasteiger partial charge in [0.2, 0.25) is 0 Å². The fraction of sp³-hybridized carbons (Fsp3) is 0.250. The summed E-state index contributed by atoms with van der Waals surface area (Å²) in [5.74, 6) is -0.299. The maximum Gasteiger partial charge on any atom is 0.323 e. The molecule has 7 nitrogen and oxygen atoms in total. The molecule has 0 aliphatic heterocycles. The van der Waals surface area contributed by atoms with E-state index in [-0.39, 0.29) is 18.2 Å². The van der Waals surface area contributed by atoms with Crippen molar-refractivity contribution < 1.29 is 24.2 Å². The molecule has 1 aliphatic carbocycles. The van der Waals surface area contributed by atoms with Crippen molar-refractivity contribution in [2.45, 2.75) is 32.6 Å². The Morgan fingerprint density at radius 2 is 1.54 bits per heavy atom. The molecule has 3 N–H and O–H groups in total. The van der Waals surface area contributed by atoms with E-state index in [1.54, 1.807) is 31.4 Å². The Bertz CT molecular complexity index is 1250. The Kier molecular flexibility index (Phi) is 6.87. The van der Waals surface area contributed by atoms with Gasteiger partial charge in [0, 0.05) is 22.4 Å². The van der Waals surface area contributed by atoms with Gasteiger partial charge in [-0.2, -0.15) is 0 Å². The summed E-state index contributed by atoms with van der Waals surface area (Å²) in [5.41, 5.74) is 3.97. The molecule has 0 spiro atoms. The van der Waals surface area contributed by atoms with Crippen LogP contribution < -0.4 is 15.4 Å². The summed E-state index contributed by atoms with van der Waals surface area (Å²) in [6, 6.07) is 19.9. The minimum absolute atomic E-state index is 0.0716. The van der Waals surface area contributed by atoms with E-state index in [9.17, 15) is 19.5 Å². The molecule has 180 valence electrons. The molecule has 3 aromatic rings. The number of Topliss-reactive ketones (excluding diaryl/α,β-unsaturated/α-hetero) is 1. The van der Waals surface area contributed by atoms with Gasteiger partial charge in [-0.1, -0.05) is 37.3 Å². The molecule has 0 bridgehead atoms. The van der Waals surface area contributed by atoms with Gasteiger partial charge in [-0.3, -0.25) is 9.59 Å². The summed E-state index contributed by atoms with van der Waals surface area (Å²) in [6.45, 7) is 1.88. The van der Waals surface area contributed by atoms with Crippen molar-refractivity contribution in [3.63, 3.8) is 0 Å². The van der Waals surface area contributed by atoms with E-state index in [1.165, 1.54) is 0 Å². The van der Waals surface area contributed by atoms with Crippen LogP contribution in [0.15, 0.2) is 66.7 Å². The number of ether oxygens (including phenoxy) is 1. The lowest BCUT2D eigenvalue weighted by Crippen LogP contribution is -2.37. The van der Waals surface area contributed by atoms with Crippen molar-refractivity contribution in [3.8, 4) is 16.9 Å². The number of amides is 2. The van der Waals surface area contributed by atoms with Crippen LogP contribution in [0, 0.1) is 5.41 Å². The number of hydrogen-bond acceptors (Lipinski definition) is 4. The number of methoxy groups -OCH3 is 1. The second kappa shape index (κ2) is 10.0. The maximum absolute atomic E-state index is 13.1. The average Bonchev–Trinajstić information content (AvgIpc) is 2.86. The van der Waals surface area contributed by atoms with Gasteiger partial charge in [-0.05, 0) is 72.4 Å². The summed E-state index contributed by atoms with van der Waals surface area (Å²) in [6.07, 6.45) is 1.59. The number of carbonyl (C=O) groups excluding carboxylic acids is 2. The number of carbonyl (C=O) groups is 3. The number of anilines is 2. The summed E-state index contributed by atoms with van der Waals surface area (Å²) in [5, 5.41) is 14.9. The van der Waals surface area contributed by atoms with Crippen LogP contribution in [-0.2, 0) is 11.2 Å². The molecular formula is C28H28N2O5. The molecule has 35 heavy (non-hydrogen) atoms. The Hall–Kier alpha value is -4.13. The summed E-state index contributed by atoms with van der Waals surface area (Å²) < 4.78 is 5.11. The van der Waals surface area contributed by atoms with E-state index in [1.807, 2.05) is 49.4 Å². The van der Waals surface area contributed by atoms with Crippen LogP contribution in [0.2, 0.25) is 0 Å². The first-order valence-corrected chi connectivity index (χ1v) is 11.6. The Labute approximate surface area is 204 Å². The highest BCUT2D eigenvalue weighted by atomic mass is 16.5. The molecule has 3 aromatic carbocycles. The second-order valence-electron chi connectivity index (χ2n) is 8.79. The lowest BCUT2D eigenvalue weighted by molar-refractivity contribution is -0.139. The van der Waals surface area contributed by atoms with Crippen LogP contribution in [0.5, 0.6) is 5.75 Å². The zero-order chi connectivity index (χ0) is 25.0. The highest BCUT2D eigenvalue weighted by molar-refractivity contribution is 6.04. The van der Waals surface area contributed by atoms with Gasteiger partial charge in [-0.15, -0.1) is 0 Å². The molecule has 0 radical (unpaired) electrons. The number of fused-ring (bicyclic) bond motifs is 1. The van der Waals surface area contributed by atoms with E-state index >= 15 is 0 Å². The standard InChI is InChI=1S/C28H28N2O5/c1-3-28(17-25(31)32)15-14-20-16-19(6-13-24(20)26(28)33)18-4-7-21(8-5-18)29-27(34)30-22-9-11-23(35-2)12-10-22/h4-13,16H,3,14-15,17H2,1-2H3,(H,31,32)(H2,29,30,34). The van der Waals surface area contributed by atoms with Crippen molar-refractivity contribution >= 4 is 29.2 Å². The highest BCUT2D eigenvalue weighted by Crippen LogP contribution is 2.42. The third-order valence-corrected chi connectivity index (χ3v) is 6.69. The van der Waals surface area contributed by atoms with E-state index in [0.717, 1.165) is 16.7 Å². The minimum Gasteiger partial charge on any atom is -0.497 e. The molecule has 0 aromatic heterocycles. The van der Waals surface area contributed by atoms with Crippen molar-refractivity contribution in [1.82, 2.24) is 0 Å². The van der Waals surface area contributed by atoms with Crippen molar-refractivity contribution in [2.24, 2.45) is 5.41 Å². The van der Waals surface area contributed by atoms with Crippen LogP contribution >= 0.6 is 0 Å². The molecular weight excluding hydrogens is 444 g/mol. The fourth-order valence-corrected chi connectivity index (χ4v) is 4.61. The van der Waals surface area contributed by atoms with E-state index in [0.29, 0.717) is 42.0 Å². The number of aryl methyl sites for hydroxylation is 1. The van der Waals surface area contributed by atoms with E-state index < -0.39 is 11.4 Å². The largest absolute Gasteiger partial charge is 0.497 e. The van der Waals surface area contributed by atoms with Gasteiger partial charge in [-0.25, -0.2) is 4.79 Å². The predicted octanol–water partition coefficient (Wildman–Crippen LogP) is 6.01. The molecule has 1 unspecified atom stereocenters. The first-order valence-electron chi connectivity index (χ1n) is 11.6. The van der Waals surface area contributed by atoms with E-state index in [2.05, 4.69) is 10.6 Å². The summed E-state index contributed by atoms with van der Waals surface area (Å²) >= 11 is 0. The molecule has 0 saturated heterocycles. The Balaban J connectivity index is 1.44. The normalized spacial score (nSPS) is 16.8. The SMILES string of the molecule is CCC1(CC(=O)O)CCc2cc(-c3ccc(NC(=O)Nc4ccc(OC)cc4)cc3)ccc2C1=O. The Morgan fingerprint density at radius 3 is 2.11 bits per heavy atom. The minimum atomic E-state index is -0.938. The number of rotatable bonds is 7. The molecule has 1 aliphatic rings. The van der Waals surface area contributed by atoms with Crippen LogP contribution in [0.4, 0.5) is 16.2 Å². The molecule has 2 amide bonds. The van der Waals surface area contributed by atoms with Crippen LogP contribution in [0.1, 0.15) is 42.1 Å². The number of urea groups is 1. The lowest BCUT2D eigenvalue weighted by atomic mass is 9.67. The third-order valence-electron chi connectivity index (χ3n) is 6.69. The molecule has 7 heteroatoms. The van der Waals surface area contributed by atoms with Crippen LogP contribution in [0.25, 0.3) is 11.1 Å². The highest BCUT2D eigenvalue weighted by Gasteiger charge is 2.42. The second-order valence-corrected chi connectivity index (χ2v) is 8.79. The quantitative estimate of drug-likeness (QED) is 0.391. The zero-order valence-electron chi connectivity index (χ0n) is 19.8. The van der Waals surface area contributed by atoms with Crippen molar-refractivity contribution in [1.29, 1.82) is 0 Å². The van der Waals surface area contributed by atoms with Crippen molar-refractivity contribution in [2.75, 3.05) is 17.7 Å². The van der Waals surface area contributed by atoms with Crippen molar-refractivity contribution in [3.05, 3.63) is 77.9 Å². The number of nitrogens with one attached hydrogen (secondary N) is 2. The number of hydrogen-bond donors (Lipinski definition) is 3. The van der Waals surface area contributed by atoms with E-state index in [4.69, 9.17) is 4.74 Å². The Morgan fingerprint density at radius 1 is 0.943 bits per heavy atom. The van der Waals surface area contributed by atoms with Gasteiger partial charge in [0.05, 0.1) is 13.5 Å². The molecule has 0 heterocycles. The molecule has 4 rings (SSSR count). The van der Waals surface area contributed by atoms with Crippen LogP contribution in [-0.4, -0.2) is 30.0 Å². The smallest absolute Gasteiger partial charge is 0.323 e. The first-order chi connectivity index (χ1) is 16.8. The lowest BCUT2D eigenvalue weighted by Gasteiger charge is -2.35. The van der Waals surface area contributed by atoms with Gasteiger partial charge in [0.1, 0.15) is 5.75 Å². The van der Waals surface area contributed by atoms with Gasteiger partial charge >= 0.3 is 12.0 Å². The molecule has 0 saturated carbocycles. The average molecular weight is 473 g/mol. The maximum atomic E-state index is 13.1. The number of carboxylic acid groups (broad SMARTS) is 1. The van der Waals surface area contributed by atoms with Gasteiger partial charge < -0.3 is 20.5 Å². The first kappa shape index (κ1) is 24.0.